The van der Waals surface area contributed by atoms with Crippen LogP contribution >= 0.6 is 11.5 Å². The highest BCUT2D eigenvalue weighted by Gasteiger charge is 2.35. The summed E-state index contributed by atoms with van der Waals surface area (Å²) in [6.07, 6.45) is 3.43. The van der Waals surface area contributed by atoms with Gasteiger partial charge in [-0.05, 0) is 68.0 Å². The van der Waals surface area contributed by atoms with Crippen LogP contribution in [-0.4, -0.2) is 60.0 Å². The third-order valence-corrected chi connectivity index (χ3v) is 7.04. The fourth-order valence-electron chi connectivity index (χ4n) is 4.67. The summed E-state index contributed by atoms with van der Waals surface area (Å²) in [4.78, 5) is 17.6. The van der Waals surface area contributed by atoms with Crippen molar-refractivity contribution < 1.29 is 4.79 Å². The second-order valence-corrected chi connectivity index (χ2v) is 8.73. The summed E-state index contributed by atoms with van der Waals surface area (Å²) in [5, 5.41) is 4.22. The number of benzene rings is 1. The van der Waals surface area contributed by atoms with E-state index in [-0.39, 0.29) is 18.0 Å². The Labute approximate surface area is 157 Å². The van der Waals surface area contributed by atoms with Gasteiger partial charge < -0.3 is 20.9 Å². The first-order valence-electron chi connectivity index (χ1n) is 9.60. The molecule has 1 aromatic heterocycles. The topological polar surface area (TPSA) is 74.5 Å². The molecule has 0 radical (unpaired) electrons. The molecule has 0 aliphatic carbocycles. The Morgan fingerprint density at radius 1 is 1.19 bits per heavy atom. The van der Waals surface area contributed by atoms with Gasteiger partial charge in [0.1, 0.15) is 5.69 Å². The molecule has 5 heterocycles. The number of hydrogen-bond acceptors (Lipinski definition) is 6. The number of hydrogen-bond donors (Lipinski definition) is 2. The summed E-state index contributed by atoms with van der Waals surface area (Å²) in [6.45, 7) is 5.24. The highest BCUT2D eigenvalue weighted by Crippen LogP contribution is 2.31. The number of nitrogens with zero attached hydrogens (tertiary/aromatic N) is 3. The third-order valence-electron chi connectivity index (χ3n) is 6.23. The van der Waals surface area contributed by atoms with Gasteiger partial charge in [0.2, 0.25) is 0 Å². The molecule has 2 bridgehead atoms. The first-order chi connectivity index (χ1) is 12.7. The first-order valence-corrected chi connectivity index (χ1v) is 10.4. The summed E-state index contributed by atoms with van der Waals surface area (Å²) in [5.41, 5.74) is 7.78. The maximum atomic E-state index is 12.8. The lowest BCUT2D eigenvalue weighted by atomic mass is 9.84. The highest BCUT2D eigenvalue weighted by atomic mass is 32.1. The van der Waals surface area contributed by atoms with Crippen LogP contribution in [0.2, 0.25) is 0 Å². The number of aromatic nitrogens is 1. The summed E-state index contributed by atoms with van der Waals surface area (Å²) >= 11 is 1.41. The van der Waals surface area contributed by atoms with Gasteiger partial charge >= 0.3 is 0 Å². The Hall–Kier alpha value is -1.70. The molecule has 2 aromatic rings. The van der Waals surface area contributed by atoms with Crippen molar-refractivity contribution in [1.82, 2.24) is 14.6 Å². The SMILES string of the molecule is NC1CCN(c2ccc3c(C(=O)N[C@@H]4CN5CCC4CC5)nsc3c2)C1. The van der Waals surface area contributed by atoms with E-state index in [1.807, 2.05) is 6.07 Å². The Morgan fingerprint density at radius 2 is 2.04 bits per heavy atom. The predicted octanol–water partition coefficient (Wildman–Crippen LogP) is 1.66. The fourth-order valence-corrected chi connectivity index (χ4v) is 5.48. The molecule has 6 nitrogen and oxygen atoms in total. The van der Waals surface area contributed by atoms with Crippen molar-refractivity contribution >= 4 is 33.2 Å². The smallest absolute Gasteiger partial charge is 0.271 e. The van der Waals surface area contributed by atoms with E-state index in [4.69, 9.17) is 5.73 Å². The zero-order valence-electron chi connectivity index (χ0n) is 14.9. The highest BCUT2D eigenvalue weighted by molar-refractivity contribution is 7.13. The van der Waals surface area contributed by atoms with E-state index in [1.54, 1.807) is 0 Å². The van der Waals surface area contributed by atoms with E-state index in [9.17, 15) is 4.79 Å². The van der Waals surface area contributed by atoms with E-state index in [0.717, 1.165) is 36.1 Å². The normalized spacial score (nSPS) is 30.9. The minimum atomic E-state index is -0.0223. The number of amides is 1. The van der Waals surface area contributed by atoms with E-state index in [1.165, 1.54) is 43.2 Å². The van der Waals surface area contributed by atoms with Crippen LogP contribution in [0.3, 0.4) is 0 Å². The van der Waals surface area contributed by atoms with Crippen LogP contribution in [0.15, 0.2) is 18.2 Å². The monoisotopic (exact) mass is 371 g/mol. The minimum Gasteiger partial charge on any atom is -0.370 e. The molecule has 0 spiro atoms. The van der Waals surface area contributed by atoms with Crippen molar-refractivity contribution in [3.05, 3.63) is 23.9 Å². The van der Waals surface area contributed by atoms with Crippen LogP contribution in [0.25, 0.3) is 10.1 Å². The molecule has 4 saturated heterocycles. The second kappa shape index (κ2) is 6.48. The number of nitrogens with two attached hydrogens (primary N) is 1. The van der Waals surface area contributed by atoms with Gasteiger partial charge in [-0.25, -0.2) is 0 Å². The molecule has 4 fully saturated rings. The van der Waals surface area contributed by atoms with Gasteiger partial charge in [-0.15, -0.1) is 0 Å². The number of fused-ring (bicyclic) bond motifs is 4. The van der Waals surface area contributed by atoms with Crippen molar-refractivity contribution in [3.8, 4) is 0 Å². The van der Waals surface area contributed by atoms with Gasteiger partial charge in [0.05, 0.1) is 4.70 Å². The molecule has 4 aliphatic heterocycles. The van der Waals surface area contributed by atoms with Gasteiger partial charge in [0, 0.05) is 42.8 Å². The summed E-state index contributed by atoms with van der Waals surface area (Å²) in [5.74, 6) is 0.603. The van der Waals surface area contributed by atoms with Crippen molar-refractivity contribution in [2.75, 3.05) is 37.6 Å². The standard InChI is InChI=1S/C19H25N5OS/c20-13-5-8-24(10-13)14-1-2-15-17(9-14)26-22-18(15)19(25)21-16-11-23-6-3-12(16)4-7-23/h1-2,9,12-13,16H,3-8,10-11,20H2,(H,21,25)/t13?,16-/m1/s1. The van der Waals surface area contributed by atoms with Crippen molar-refractivity contribution in [1.29, 1.82) is 0 Å². The quantitative estimate of drug-likeness (QED) is 0.858. The first kappa shape index (κ1) is 16.5. The van der Waals surface area contributed by atoms with Crippen LogP contribution in [0, 0.1) is 5.92 Å². The Morgan fingerprint density at radius 3 is 2.73 bits per heavy atom. The van der Waals surface area contributed by atoms with E-state index >= 15 is 0 Å². The van der Waals surface area contributed by atoms with Gasteiger partial charge in [-0.2, -0.15) is 4.37 Å². The molecule has 4 aliphatic rings. The number of carbonyl (C=O) groups is 1. The minimum absolute atomic E-state index is 0.0223. The van der Waals surface area contributed by atoms with Gasteiger partial charge in [0.15, 0.2) is 0 Å². The maximum absolute atomic E-state index is 12.8. The van der Waals surface area contributed by atoms with Crippen LogP contribution in [0.1, 0.15) is 29.8 Å². The zero-order valence-corrected chi connectivity index (χ0v) is 15.7. The number of anilines is 1. The molecule has 3 N–H and O–H groups in total. The zero-order chi connectivity index (χ0) is 17.7. The molecule has 1 unspecified atom stereocenters. The van der Waals surface area contributed by atoms with Gasteiger partial charge in [-0.1, -0.05) is 0 Å². The second-order valence-electron chi connectivity index (χ2n) is 7.92. The summed E-state index contributed by atoms with van der Waals surface area (Å²) in [6, 6.07) is 6.82. The largest absolute Gasteiger partial charge is 0.370 e. The number of nitrogens with one attached hydrogen (secondary N) is 1. The summed E-state index contributed by atoms with van der Waals surface area (Å²) < 4.78 is 5.55. The van der Waals surface area contributed by atoms with E-state index in [0.29, 0.717) is 11.6 Å². The molecule has 138 valence electrons. The Kier molecular flexibility index (Phi) is 4.10. The lowest BCUT2D eigenvalue weighted by Crippen LogP contribution is -2.57. The molecule has 2 atom stereocenters. The van der Waals surface area contributed by atoms with E-state index in [2.05, 4.69) is 31.6 Å². The molecular weight excluding hydrogens is 346 g/mol. The number of piperidine rings is 3. The number of carbonyl (C=O) groups excluding carboxylic acids is 1. The third kappa shape index (κ3) is 2.88. The van der Waals surface area contributed by atoms with Gasteiger partial charge in [0.25, 0.3) is 5.91 Å². The van der Waals surface area contributed by atoms with Crippen LogP contribution in [0.5, 0.6) is 0 Å². The average Bonchev–Trinajstić information content (AvgIpc) is 3.28. The fraction of sp³-hybridized carbons (Fsp3) is 0.579. The van der Waals surface area contributed by atoms with Gasteiger partial charge in [-0.3, -0.25) is 4.79 Å². The molecule has 6 rings (SSSR count). The van der Waals surface area contributed by atoms with Crippen LogP contribution in [0.4, 0.5) is 5.69 Å². The molecule has 0 saturated carbocycles. The average molecular weight is 372 g/mol. The molecule has 26 heavy (non-hydrogen) atoms. The van der Waals surface area contributed by atoms with Crippen LogP contribution in [-0.2, 0) is 0 Å². The van der Waals surface area contributed by atoms with Crippen molar-refractivity contribution in [2.24, 2.45) is 11.7 Å². The molecule has 1 aromatic carbocycles. The van der Waals surface area contributed by atoms with Crippen molar-refractivity contribution in [3.63, 3.8) is 0 Å². The maximum Gasteiger partial charge on any atom is 0.271 e. The van der Waals surface area contributed by atoms with E-state index < -0.39 is 0 Å². The Bertz CT molecular complexity index is 828. The lowest BCUT2D eigenvalue weighted by Gasteiger charge is -2.44. The Balaban J connectivity index is 1.35. The summed E-state index contributed by atoms with van der Waals surface area (Å²) in [7, 11) is 0. The molecule has 1 amide bonds. The van der Waals surface area contributed by atoms with Crippen LogP contribution < -0.4 is 16.0 Å². The lowest BCUT2D eigenvalue weighted by molar-refractivity contribution is 0.0619. The predicted molar refractivity (Wildman–Crippen MR) is 105 cm³/mol. The molecule has 7 heteroatoms. The number of rotatable bonds is 3. The van der Waals surface area contributed by atoms with Crippen molar-refractivity contribution in [2.45, 2.75) is 31.3 Å². The molecular formula is C19H25N5OS.